The fourth-order valence-corrected chi connectivity index (χ4v) is 5.00. The Morgan fingerprint density at radius 3 is 2.69 bits per heavy atom. The molecular formula is C23H27N3O5S. The number of benzene rings is 2. The number of nitrogens with one attached hydrogen (secondary N) is 2. The van der Waals surface area contributed by atoms with Crippen LogP contribution in [-0.2, 0) is 14.8 Å². The van der Waals surface area contributed by atoms with Crippen molar-refractivity contribution in [2.45, 2.75) is 50.1 Å². The number of carbonyl (C=O) groups is 1. The molecule has 0 spiro atoms. The molecule has 1 amide bonds. The summed E-state index contributed by atoms with van der Waals surface area (Å²) in [5.41, 5.74) is 1.37. The van der Waals surface area contributed by atoms with Gasteiger partial charge in [-0.3, -0.25) is 14.5 Å². The van der Waals surface area contributed by atoms with Gasteiger partial charge in [0, 0.05) is 5.56 Å². The first-order valence-corrected chi connectivity index (χ1v) is 12.3. The normalized spacial score (nSPS) is 19.0. The summed E-state index contributed by atoms with van der Waals surface area (Å²) in [6.07, 6.45) is 2.21. The van der Waals surface area contributed by atoms with Gasteiger partial charge >= 0.3 is 0 Å². The number of amides is 1. The molecule has 0 aliphatic carbocycles. The molecule has 2 aliphatic heterocycles. The Balaban J connectivity index is 1.55. The van der Waals surface area contributed by atoms with E-state index in [1.54, 1.807) is 18.2 Å². The van der Waals surface area contributed by atoms with Gasteiger partial charge in [-0.15, -0.1) is 0 Å². The number of hydrogen-bond acceptors (Lipinski definition) is 6. The first-order valence-electron chi connectivity index (χ1n) is 10.8. The number of hydrogen-bond donors (Lipinski definition) is 2. The molecule has 8 nitrogen and oxygen atoms in total. The minimum atomic E-state index is -3.66. The van der Waals surface area contributed by atoms with Crippen molar-refractivity contribution in [3.63, 3.8) is 0 Å². The molecule has 2 unspecified atom stereocenters. The maximum Gasteiger partial charge on any atom is 0.263 e. The Morgan fingerprint density at radius 2 is 1.91 bits per heavy atom. The molecule has 9 heteroatoms. The molecule has 2 aliphatic rings. The molecule has 2 N–H and O–H groups in total. The van der Waals surface area contributed by atoms with E-state index in [9.17, 15) is 13.2 Å². The van der Waals surface area contributed by atoms with Crippen LogP contribution in [-0.4, -0.2) is 39.4 Å². The molecular weight excluding hydrogens is 430 g/mol. The highest BCUT2D eigenvalue weighted by molar-refractivity contribution is 7.90. The molecule has 170 valence electrons. The highest BCUT2D eigenvalue weighted by atomic mass is 32.2. The van der Waals surface area contributed by atoms with Crippen molar-refractivity contribution >= 4 is 21.8 Å². The maximum atomic E-state index is 13.1. The number of rotatable bonds is 7. The van der Waals surface area contributed by atoms with Crippen molar-refractivity contribution in [3.8, 4) is 11.5 Å². The zero-order chi connectivity index (χ0) is 22.7. The summed E-state index contributed by atoms with van der Waals surface area (Å²) in [5.74, 6) is 1.31. The molecule has 2 atom stereocenters. The SMILES string of the molecule is CCCCC(N=C1NS(=O)(=O)c2ccccc21)C(=O)NC(C)c1ccc2c(c1)OCCO2. The van der Waals surface area contributed by atoms with E-state index >= 15 is 0 Å². The lowest BCUT2D eigenvalue weighted by Gasteiger charge is -2.22. The summed E-state index contributed by atoms with van der Waals surface area (Å²) in [6, 6.07) is 11.3. The summed E-state index contributed by atoms with van der Waals surface area (Å²) >= 11 is 0. The summed E-state index contributed by atoms with van der Waals surface area (Å²) in [4.78, 5) is 17.8. The zero-order valence-corrected chi connectivity index (χ0v) is 18.9. The van der Waals surface area contributed by atoms with Crippen molar-refractivity contribution in [1.29, 1.82) is 0 Å². The van der Waals surface area contributed by atoms with Crippen LogP contribution >= 0.6 is 0 Å². The molecule has 2 aromatic carbocycles. The standard InChI is InChI=1S/C23H27N3O5S/c1-3-4-8-18(25-22-17-7-5-6-9-21(17)32(28,29)26-22)23(27)24-15(2)16-10-11-19-20(14-16)31-13-12-30-19/h5-7,9-11,14-15,18H,3-4,8,12-13H2,1-2H3,(H,24,27)(H,25,26). The minimum Gasteiger partial charge on any atom is -0.486 e. The van der Waals surface area contributed by atoms with Crippen LogP contribution in [0.2, 0.25) is 0 Å². The van der Waals surface area contributed by atoms with Crippen LogP contribution in [0.1, 0.15) is 50.3 Å². The topological polar surface area (TPSA) is 106 Å². The minimum absolute atomic E-state index is 0.179. The number of unbranched alkanes of at least 4 members (excludes halogenated alkanes) is 1. The number of aliphatic imine (C=N–C) groups is 1. The number of nitrogens with zero attached hydrogens (tertiary/aromatic N) is 1. The van der Waals surface area contributed by atoms with E-state index in [4.69, 9.17) is 9.47 Å². The Bertz CT molecular complexity index is 1150. The van der Waals surface area contributed by atoms with Gasteiger partial charge in [-0.05, 0) is 43.2 Å². The molecule has 2 heterocycles. The maximum absolute atomic E-state index is 13.1. The molecule has 2 aromatic rings. The summed E-state index contributed by atoms with van der Waals surface area (Å²) in [7, 11) is -3.66. The second-order valence-corrected chi connectivity index (χ2v) is 9.52. The van der Waals surface area contributed by atoms with Gasteiger partial charge in [0.25, 0.3) is 10.0 Å². The van der Waals surface area contributed by atoms with E-state index in [0.717, 1.165) is 18.4 Å². The van der Waals surface area contributed by atoms with Gasteiger partial charge in [0.1, 0.15) is 25.1 Å². The van der Waals surface area contributed by atoms with Crippen molar-refractivity contribution < 1.29 is 22.7 Å². The third kappa shape index (κ3) is 4.57. The van der Waals surface area contributed by atoms with E-state index in [1.165, 1.54) is 6.07 Å². The molecule has 0 aromatic heterocycles. The van der Waals surface area contributed by atoms with Crippen LogP contribution in [0, 0.1) is 0 Å². The molecule has 4 rings (SSSR count). The lowest BCUT2D eigenvalue weighted by atomic mass is 10.1. The molecule has 0 bridgehead atoms. The number of sulfonamides is 1. The average Bonchev–Trinajstić information content (AvgIpc) is 3.06. The summed E-state index contributed by atoms with van der Waals surface area (Å²) in [5, 5.41) is 3.01. The van der Waals surface area contributed by atoms with Gasteiger partial charge in [-0.2, -0.15) is 0 Å². The van der Waals surface area contributed by atoms with Crippen LogP contribution in [0.4, 0.5) is 0 Å². The van der Waals surface area contributed by atoms with Crippen LogP contribution in [0.5, 0.6) is 11.5 Å². The molecule has 0 saturated heterocycles. The summed E-state index contributed by atoms with van der Waals surface area (Å²) < 4.78 is 38.5. The summed E-state index contributed by atoms with van der Waals surface area (Å²) in [6.45, 7) is 4.94. The fraction of sp³-hybridized carbons (Fsp3) is 0.391. The van der Waals surface area contributed by atoms with Crippen LogP contribution in [0.25, 0.3) is 0 Å². The number of carbonyl (C=O) groups excluding carboxylic acids is 1. The predicted octanol–water partition coefficient (Wildman–Crippen LogP) is 2.93. The van der Waals surface area contributed by atoms with E-state index in [0.29, 0.717) is 36.7 Å². The lowest BCUT2D eigenvalue weighted by Crippen LogP contribution is -2.37. The number of ether oxygens (including phenoxy) is 2. The van der Waals surface area contributed by atoms with E-state index in [2.05, 4.69) is 15.0 Å². The quantitative estimate of drug-likeness (QED) is 0.665. The first kappa shape index (κ1) is 22.1. The number of amidine groups is 1. The Morgan fingerprint density at radius 1 is 1.16 bits per heavy atom. The molecule has 0 radical (unpaired) electrons. The van der Waals surface area contributed by atoms with E-state index < -0.39 is 16.1 Å². The van der Waals surface area contributed by atoms with Gasteiger partial charge in [0.2, 0.25) is 5.91 Å². The highest BCUT2D eigenvalue weighted by Gasteiger charge is 2.32. The zero-order valence-electron chi connectivity index (χ0n) is 18.1. The monoisotopic (exact) mass is 457 g/mol. The van der Waals surface area contributed by atoms with Crippen LogP contribution in [0.15, 0.2) is 52.4 Å². The van der Waals surface area contributed by atoms with Gasteiger partial charge in [0.15, 0.2) is 11.5 Å². The highest BCUT2D eigenvalue weighted by Crippen LogP contribution is 2.32. The predicted molar refractivity (Wildman–Crippen MR) is 121 cm³/mol. The lowest BCUT2D eigenvalue weighted by molar-refractivity contribution is -0.123. The third-order valence-corrected chi connectivity index (χ3v) is 6.90. The first-order chi connectivity index (χ1) is 15.4. The second kappa shape index (κ2) is 9.20. The van der Waals surface area contributed by atoms with Crippen LogP contribution in [0.3, 0.4) is 0 Å². The smallest absolute Gasteiger partial charge is 0.263 e. The fourth-order valence-electron chi connectivity index (χ4n) is 3.76. The van der Waals surface area contributed by atoms with Gasteiger partial charge in [-0.25, -0.2) is 8.42 Å². The molecule has 0 saturated carbocycles. The third-order valence-electron chi connectivity index (χ3n) is 5.51. The molecule has 32 heavy (non-hydrogen) atoms. The van der Waals surface area contributed by atoms with E-state index in [1.807, 2.05) is 32.0 Å². The Kier molecular flexibility index (Phi) is 6.36. The van der Waals surface area contributed by atoms with Gasteiger partial charge in [0.05, 0.1) is 10.9 Å². The number of fused-ring (bicyclic) bond motifs is 2. The largest absolute Gasteiger partial charge is 0.486 e. The Hall–Kier alpha value is -3.07. The van der Waals surface area contributed by atoms with Crippen molar-refractivity contribution in [2.75, 3.05) is 13.2 Å². The van der Waals surface area contributed by atoms with Gasteiger partial charge in [-0.1, -0.05) is 38.0 Å². The van der Waals surface area contributed by atoms with Gasteiger partial charge < -0.3 is 14.8 Å². The second-order valence-electron chi connectivity index (χ2n) is 7.87. The van der Waals surface area contributed by atoms with E-state index in [-0.39, 0.29) is 22.7 Å². The van der Waals surface area contributed by atoms with Crippen molar-refractivity contribution in [3.05, 3.63) is 53.6 Å². The van der Waals surface area contributed by atoms with Crippen molar-refractivity contribution in [2.24, 2.45) is 4.99 Å². The van der Waals surface area contributed by atoms with Crippen LogP contribution < -0.4 is 19.5 Å². The average molecular weight is 458 g/mol. The Labute approximate surface area is 188 Å². The molecule has 0 fully saturated rings. The van der Waals surface area contributed by atoms with Crippen molar-refractivity contribution in [1.82, 2.24) is 10.0 Å².